The van der Waals surface area contributed by atoms with Gasteiger partial charge in [-0.15, -0.1) is 0 Å². The zero-order chi connectivity index (χ0) is 11.4. The van der Waals surface area contributed by atoms with Crippen molar-refractivity contribution < 1.29 is 0 Å². The number of nitrogens with zero attached hydrogens (tertiary/aromatic N) is 1. The molecule has 0 unspecified atom stereocenters. The van der Waals surface area contributed by atoms with Crippen LogP contribution in [0, 0.1) is 6.92 Å². The molecule has 82 valence electrons. The fourth-order valence-electron chi connectivity index (χ4n) is 1.45. The van der Waals surface area contributed by atoms with Crippen LogP contribution in [0.15, 0.2) is 52.4 Å². The van der Waals surface area contributed by atoms with Crippen molar-refractivity contribution in [3.05, 3.63) is 53.9 Å². The largest absolute Gasteiger partial charge is 0.325 e. The number of benzene rings is 1. The van der Waals surface area contributed by atoms with Crippen molar-refractivity contribution >= 4 is 11.8 Å². The minimum Gasteiger partial charge on any atom is -0.325 e. The first kappa shape index (κ1) is 11.2. The number of aryl methyl sites for hydroxylation is 1. The summed E-state index contributed by atoms with van der Waals surface area (Å²) in [6.45, 7) is 2.59. The van der Waals surface area contributed by atoms with Gasteiger partial charge in [-0.1, -0.05) is 29.5 Å². The van der Waals surface area contributed by atoms with Gasteiger partial charge >= 0.3 is 0 Å². The molecule has 0 radical (unpaired) electrons. The van der Waals surface area contributed by atoms with Gasteiger partial charge in [-0.05, 0) is 31.2 Å². The van der Waals surface area contributed by atoms with Crippen molar-refractivity contribution in [3.8, 4) is 0 Å². The van der Waals surface area contributed by atoms with E-state index in [1.165, 1.54) is 15.4 Å². The summed E-state index contributed by atoms with van der Waals surface area (Å²) in [5.74, 6) is 0. The van der Waals surface area contributed by atoms with E-state index in [4.69, 9.17) is 5.73 Å². The molecule has 2 nitrogen and oxygen atoms in total. The summed E-state index contributed by atoms with van der Waals surface area (Å²) >= 11 is 1.74. The van der Waals surface area contributed by atoms with Crippen molar-refractivity contribution in [2.75, 3.05) is 0 Å². The molecular weight excluding hydrogens is 216 g/mol. The summed E-state index contributed by atoms with van der Waals surface area (Å²) in [6.07, 6.45) is 1.81. The van der Waals surface area contributed by atoms with Crippen molar-refractivity contribution in [1.29, 1.82) is 0 Å². The maximum absolute atomic E-state index is 5.56. The molecule has 1 aromatic heterocycles. The van der Waals surface area contributed by atoms with Crippen LogP contribution in [0.4, 0.5) is 0 Å². The molecule has 0 spiro atoms. The highest BCUT2D eigenvalue weighted by molar-refractivity contribution is 7.99. The second kappa shape index (κ2) is 5.14. The van der Waals surface area contributed by atoms with Gasteiger partial charge in [-0.3, -0.25) is 4.98 Å². The normalized spacial score (nSPS) is 10.4. The Hall–Kier alpha value is -1.32. The Morgan fingerprint density at radius 3 is 2.75 bits per heavy atom. The SMILES string of the molecule is Cc1cccc(Sc2ccnc(CN)c2)c1. The van der Waals surface area contributed by atoms with Gasteiger partial charge in [0.1, 0.15) is 0 Å². The molecule has 2 aromatic rings. The average Bonchev–Trinajstić information content (AvgIpc) is 2.29. The maximum atomic E-state index is 5.56. The first-order chi connectivity index (χ1) is 7.78. The molecule has 0 aliphatic heterocycles. The van der Waals surface area contributed by atoms with E-state index in [1.807, 2.05) is 12.1 Å². The number of pyridine rings is 1. The summed E-state index contributed by atoms with van der Waals surface area (Å²) in [5, 5.41) is 0. The van der Waals surface area contributed by atoms with Gasteiger partial charge in [0, 0.05) is 22.5 Å². The van der Waals surface area contributed by atoms with Gasteiger partial charge in [0.15, 0.2) is 0 Å². The van der Waals surface area contributed by atoms with Crippen LogP contribution in [0.2, 0.25) is 0 Å². The number of nitrogens with two attached hydrogens (primary N) is 1. The highest BCUT2D eigenvalue weighted by atomic mass is 32.2. The van der Waals surface area contributed by atoms with E-state index < -0.39 is 0 Å². The maximum Gasteiger partial charge on any atom is 0.0550 e. The molecule has 0 saturated carbocycles. The Balaban J connectivity index is 2.20. The van der Waals surface area contributed by atoms with Crippen LogP contribution >= 0.6 is 11.8 Å². The molecular formula is C13H14N2S. The fraction of sp³-hybridized carbons (Fsp3) is 0.154. The molecule has 0 atom stereocenters. The van der Waals surface area contributed by atoms with Gasteiger partial charge in [0.25, 0.3) is 0 Å². The Labute approximate surface area is 99.9 Å². The van der Waals surface area contributed by atoms with Crippen molar-refractivity contribution in [1.82, 2.24) is 4.98 Å². The van der Waals surface area contributed by atoms with Crippen LogP contribution in [0.5, 0.6) is 0 Å². The van der Waals surface area contributed by atoms with Crippen LogP contribution in [-0.2, 0) is 6.54 Å². The summed E-state index contributed by atoms with van der Waals surface area (Å²) in [6, 6.07) is 12.5. The lowest BCUT2D eigenvalue weighted by Crippen LogP contribution is -1.98. The van der Waals surface area contributed by atoms with E-state index >= 15 is 0 Å². The average molecular weight is 230 g/mol. The Morgan fingerprint density at radius 1 is 1.19 bits per heavy atom. The number of aromatic nitrogens is 1. The summed E-state index contributed by atoms with van der Waals surface area (Å²) < 4.78 is 0. The van der Waals surface area contributed by atoms with Crippen LogP contribution in [0.25, 0.3) is 0 Å². The molecule has 0 bridgehead atoms. The number of rotatable bonds is 3. The molecule has 0 amide bonds. The minimum absolute atomic E-state index is 0.488. The van der Waals surface area contributed by atoms with E-state index in [0.717, 1.165) is 5.69 Å². The predicted octanol–water partition coefficient (Wildman–Crippen LogP) is 3.00. The Morgan fingerprint density at radius 2 is 2.00 bits per heavy atom. The first-order valence-electron chi connectivity index (χ1n) is 5.17. The number of hydrogen-bond donors (Lipinski definition) is 1. The van der Waals surface area contributed by atoms with Crippen molar-refractivity contribution in [2.45, 2.75) is 23.3 Å². The van der Waals surface area contributed by atoms with Crippen LogP contribution in [0.3, 0.4) is 0 Å². The van der Waals surface area contributed by atoms with Gasteiger partial charge in [-0.2, -0.15) is 0 Å². The molecule has 16 heavy (non-hydrogen) atoms. The second-order valence-corrected chi connectivity index (χ2v) is 4.75. The van der Waals surface area contributed by atoms with Crippen LogP contribution in [-0.4, -0.2) is 4.98 Å². The third kappa shape index (κ3) is 2.84. The Kier molecular flexibility index (Phi) is 3.59. The zero-order valence-corrected chi connectivity index (χ0v) is 10.00. The lowest BCUT2D eigenvalue weighted by atomic mass is 10.2. The van der Waals surface area contributed by atoms with E-state index in [0.29, 0.717) is 6.54 Å². The summed E-state index contributed by atoms with van der Waals surface area (Å²) in [7, 11) is 0. The van der Waals surface area contributed by atoms with E-state index in [2.05, 4.69) is 36.2 Å². The Bertz CT molecular complexity index is 483. The van der Waals surface area contributed by atoms with Gasteiger partial charge in [0.05, 0.1) is 5.69 Å². The molecule has 3 heteroatoms. The third-order valence-corrected chi connectivity index (χ3v) is 3.20. The van der Waals surface area contributed by atoms with Gasteiger partial charge < -0.3 is 5.73 Å². The lowest BCUT2D eigenvalue weighted by Gasteiger charge is -2.03. The molecule has 1 heterocycles. The third-order valence-electron chi connectivity index (χ3n) is 2.22. The minimum atomic E-state index is 0.488. The topological polar surface area (TPSA) is 38.9 Å². The first-order valence-corrected chi connectivity index (χ1v) is 5.99. The van der Waals surface area contributed by atoms with Crippen molar-refractivity contribution in [3.63, 3.8) is 0 Å². The standard InChI is InChI=1S/C13H14N2S/c1-10-3-2-4-12(7-10)16-13-5-6-15-11(8-13)9-14/h2-8H,9,14H2,1H3. The van der Waals surface area contributed by atoms with Crippen molar-refractivity contribution in [2.24, 2.45) is 5.73 Å². The summed E-state index contributed by atoms with van der Waals surface area (Å²) in [5.41, 5.74) is 7.77. The predicted molar refractivity (Wildman–Crippen MR) is 67.4 cm³/mol. The quantitative estimate of drug-likeness (QED) is 0.881. The van der Waals surface area contributed by atoms with Crippen LogP contribution < -0.4 is 5.73 Å². The van der Waals surface area contributed by atoms with Gasteiger partial charge in [0.2, 0.25) is 0 Å². The smallest absolute Gasteiger partial charge is 0.0550 e. The summed E-state index contributed by atoms with van der Waals surface area (Å²) in [4.78, 5) is 6.60. The monoisotopic (exact) mass is 230 g/mol. The molecule has 0 aliphatic carbocycles. The number of hydrogen-bond acceptors (Lipinski definition) is 3. The molecule has 0 fully saturated rings. The van der Waals surface area contributed by atoms with Crippen LogP contribution in [0.1, 0.15) is 11.3 Å². The van der Waals surface area contributed by atoms with E-state index in [1.54, 1.807) is 18.0 Å². The fourth-order valence-corrected chi connectivity index (χ4v) is 2.43. The van der Waals surface area contributed by atoms with Gasteiger partial charge in [-0.25, -0.2) is 0 Å². The molecule has 0 saturated heterocycles. The molecule has 2 N–H and O–H groups in total. The zero-order valence-electron chi connectivity index (χ0n) is 9.18. The molecule has 1 aromatic carbocycles. The lowest BCUT2D eigenvalue weighted by molar-refractivity contribution is 0.976. The highest BCUT2D eigenvalue weighted by Gasteiger charge is 1.99. The molecule has 0 aliphatic rings. The highest BCUT2D eigenvalue weighted by Crippen LogP contribution is 2.27. The second-order valence-electron chi connectivity index (χ2n) is 3.61. The van der Waals surface area contributed by atoms with E-state index in [9.17, 15) is 0 Å². The van der Waals surface area contributed by atoms with E-state index in [-0.39, 0.29) is 0 Å². The molecule has 2 rings (SSSR count).